The smallest absolute Gasteiger partial charge is 0.253 e. The van der Waals surface area contributed by atoms with Gasteiger partial charge in [0.1, 0.15) is 5.60 Å². The first-order chi connectivity index (χ1) is 11.3. The van der Waals surface area contributed by atoms with Gasteiger partial charge < -0.3 is 4.74 Å². The van der Waals surface area contributed by atoms with E-state index in [0.29, 0.717) is 17.8 Å². The van der Waals surface area contributed by atoms with Gasteiger partial charge in [-0.3, -0.25) is 14.5 Å². The maximum absolute atomic E-state index is 11.6. The van der Waals surface area contributed by atoms with E-state index in [-0.39, 0.29) is 24.0 Å². The Balaban J connectivity index is 1.51. The third-order valence-corrected chi connectivity index (χ3v) is 6.29. The Kier molecular flexibility index (Phi) is 4.57. The average Bonchev–Trinajstić information content (AvgIpc) is 2.86. The maximum atomic E-state index is 11.6. The first kappa shape index (κ1) is 17.6. The molecule has 1 heterocycles. The fourth-order valence-electron chi connectivity index (χ4n) is 4.53. The van der Waals surface area contributed by atoms with Crippen LogP contribution >= 0.6 is 0 Å². The van der Waals surface area contributed by atoms with Crippen LogP contribution < -0.4 is 0 Å². The molecule has 0 saturated heterocycles. The van der Waals surface area contributed by atoms with Gasteiger partial charge in [0.15, 0.2) is 6.29 Å². The van der Waals surface area contributed by atoms with Crippen molar-refractivity contribution in [2.45, 2.75) is 58.3 Å². The molecule has 0 spiro atoms. The van der Waals surface area contributed by atoms with Crippen LogP contribution in [-0.2, 0) is 24.1 Å². The number of hydrogen-bond acceptors (Lipinski definition) is 5. The number of carbonyl (C=O) groups is 2. The summed E-state index contributed by atoms with van der Waals surface area (Å²) >= 11 is 0. The van der Waals surface area contributed by atoms with E-state index in [0.717, 1.165) is 18.8 Å². The van der Waals surface area contributed by atoms with Crippen molar-refractivity contribution in [1.29, 1.82) is 0 Å². The van der Waals surface area contributed by atoms with Crippen molar-refractivity contribution in [3.63, 3.8) is 0 Å². The van der Waals surface area contributed by atoms with Crippen LogP contribution in [0.4, 0.5) is 0 Å². The minimum Gasteiger partial charge on any atom is -0.353 e. The molecule has 0 radical (unpaired) electrons. The van der Waals surface area contributed by atoms with Crippen LogP contribution in [0.5, 0.6) is 0 Å². The number of nitrogens with zero attached hydrogens (tertiary/aromatic N) is 1. The Hall–Kier alpha value is -1.24. The Labute approximate surface area is 143 Å². The highest BCUT2D eigenvalue weighted by molar-refractivity contribution is 6.12. The lowest BCUT2D eigenvalue weighted by Gasteiger charge is -2.63. The van der Waals surface area contributed by atoms with Crippen LogP contribution in [-0.4, -0.2) is 42.3 Å². The SMILES string of the molecule is COC(CCN1C(=O)C=CC1=O)OOC1(C)CCC2CC1C2(C)C. The quantitative estimate of drug-likeness (QED) is 0.309. The summed E-state index contributed by atoms with van der Waals surface area (Å²) in [5.74, 6) is 0.679. The van der Waals surface area contributed by atoms with Crippen LogP contribution in [0.1, 0.15) is 46.5 Å². The summed E-state index contributed by atoms with van der Waals surface area (Å²) in [6, 6.07) is 0. The second kappa shape index (κ2) is 6.24. The summed E-state index contributed by atoms with van der Waals surface area (Å²) in [4.78, 5) is 35.7. The molecule has 134 valence electrons. The van der Waals surface area contributed by atoms with Gasteiger partial charge >= 0.3 is 0 Å². The van der Waals surface area contributed by atoms with E-state index in [2.05, 4.69) is 20.8 Å². The zero-order valence-electron chi connectivity index (χ0n) is 14.9. The van der Waals surface area contributed by atoms with Gasteiger partial charge in [-0.25, -0.2) is 9.78 Å². The van der Waals surface area contributed by atoms with E-state index in [9.17, 15) is 9.59 Å². The molecular weight excluding hydrogens is 310 g/mol. The van der Waals surface area contributed by atoms with Gasteiger partial charge in [0, 0.05) is 32.2 Å². The summed E-state index contributed by atoms with van der Waals surface area (Å²) in [5.41, 5.74) is -0.0190. The highest BCUT2D eigenvalue weighted by Crippen LogP contribution is 2.63. The molecule has 0 N–H and O–H groups in total. The lowest BCUT2D eigenvalue weighted by molar-refractivity contribution is -0.447. The molecule has 6 nitrogen and oxygen atoms in total. The molecule has 4 unspecified atom stereocenters. The second-order valence-corrected chi connectivity index (χ2v) is 7.95. The van der Waals surface area contributed by atoms with Gasteiger partial charge in [0.05, 0.1) is 0 Å². The van der Waals surface area contributed by atoms with Gasteiger partial charge in [0.2, 0.25) is 0 Å². The zero-order chi connectivity index (χ0) is 17.5. The third-order valence-electron chi connectivity index (χ3n) is 6.29. The largest absolute Gasteiger partial charge is 0.353 e. The van der Waals surface area contributed by atoms with Crippen molar-refractivity contribution >= 4 is 11.8 Å². The molecule has 4 rings (SSSR count). The molecule has 1 aliphatic heterocycles. The molecule has 4 atom stereocenters. The molecule has 0 aromatic rings. The standard InChI is InChI=1S/C18H27NO5/c1-17(2)12-7-9-18(3,13(17)11-12)24-23-16(22-4)8-10-19-14(20)5-6-15(19)21/h5-6,12-13,16H,7-11H2,1-4H3. The molecule has 24 heavy (non-hydrogen) atoms. The summed E-state index contributed by atoms with van der Waals surface area (Å²) < 4.78 is 5.30. The normalized spacial score (nSPS) is 35.2. The predicted molar refractivity (Wildman–Crippen MR) is 86.5 cm³/mol. The summed E-state index contributed by atoms with van der Waals surface area (Å²) in [6.07, 6.45) is 5.65. The van der Waals surface area contributed by atoms with Crippen molar-refractivity contribution in [2.75, 3.05) is 13.7 Å². The fraction of sp³-hybridized carbons (Fsp3) is 0.778. The van der Waals surface area contributed by atoms with E-state index in [4.69, 9.17) is 14.5 Å². The number of carbonyl (C=O) groups excluding carboxylic acids is 2. The molecule has 2 amide bonds. The predicted octanol–water partition coefficient (Wildman–Crippen LogP) is 2.44. The van der Waals surface area contributed by atoms with Gasteiger partial charge in [-0.1, -0.05) is 13.8 Å². The van der Waals surface area contributed by atoms with Gasteiger partial charge in [-0.2, -0.15) is 0 Å². The minimum atomic E-state index is -0.607. The molecule has 0 aromatic carbocycles. The zero-order valence-corrected chi connectivity index (χ0v) is 14.9. The van der Waals surface area contributed by atoms with Gasteiger partial charge in [-0.15, -0.1) is 0 Å². The van der Waals surface area contributed by atoms with Crippen molar-refractivity contribution in [2.24, 2.45) is 17.3 Å². The highest BCUT2D eigenvalue weighted by Gasteiger charge is 2.60. The molecular formula is C18H27NO5. The maximum Gasteiger partial charge on any atom is 0.253 e. The molecule has 6 heteroatoms. The number of rotatable bonds is 7. The van der Waals surface area contributed by atoms with Crippen LogP contribution in [0, 0.1) is 17.3 Å². The molecule has 4 aliphatic rings. The van der Waals surface area contributed by atoms with E-state index in [1.54, 1.807) is 0 Å². The van der Waals surface area contributed by atoms with Gasteiger partial charge in [-0.05, 0) is 43.4 Å². The monoisotopic (exact) mass is 337 g/mol. The lowest BCUT2D eigenvalue weighted by Crippen LogP contribution is -2.61. The summed E-state index contributed by atoms with van der Waals surface area (Å²) in [6.45, 7) is 6.97. The molecule has 3 aliphatic carbocycles. The Morgan fingerprint density at radius 1 is 1.25 bits per heavy atom. The Bertz CT molecular complexity index is 538. The second-order valence-electron chi connectivity index (χ2n) is 7.95. The van der Waals surface area contributed by atoms with Crippen LogP contribution in [0.25, 0.3) is 0 Å². The first-order valence-corrected chi connectivity index (χ1v) is 8.69. The van der Waals surface area contributed by atoms with Crippen molar-refractivity contribution in [3.8, 4) is 0 Å². The topological polar surface area (TPSA) is 65.1 Å². The Morgan fingerprint density at radius 3 is 2.46 bits per heavy atom. The number of methoxy groups -OCH3 is 1. The number of ether oxygens (including phenoxy) is 1. The number of hydrogen-bond donors (Lipinski definition) is 0. The first-order valence-electron chi connectivity index (χ1n) is 8.69. The minimum absolute atomic E-state index is 0.250. The van der Waals surface area contributed by atoms with E-state index in [1.807, 2.05) is 0 Å². The summed E-state index contributed by atoms with van der Waals surface area (Å²) in [5, 5.41) is 0. The number of fused-ring (bicyclic) bond motifs is 2. The van der Waals surface area contributed by atoms with Crippen molar-refractivity contribution in [3.05, 3.63) is 12.2 Å². The van der Waals surface area contributed by atoms with E-state index in [1.165, 1.54) is 30.6 Å². The number of imide groups is 1. The molecule has 0 aromatic heterocycles. The van der Waals surface area contributed by atoms with Gasteiger partial charge in [0.25, 0.3) is 11.8 Å². The molecule has 3 fully saturated rings. The number of amides is 2. The van der Waals surface area contributed by atoms with E-state index >= 15 is 0 Å². The van der Waals surface area contributed by atoms with E-state index < -0.39 is 6.29 Å². The van der Waals surface area contributed by atoms with Crippen LogP contribution in [0.2, 0.25) is 0 Å². The lowest BCUT2D eigenvalue weighted by atomic mass is 9.44. The van der Waals surface area contributed by atoms with Crippen LogP contribution in [0.3, 0.4) is 0 Å². The Morgan fingerprint density at radius 2 is 1.92 bits per heavy atom. The van der Waals surface area contributed by atoms with Crippen LogP contribution in [0.15, 0.2) is 12.2 Å². The van der Waals surface area contributed by atoms with Crippen molar-refractivity contribution in [1.82, 2.24) is 4.90 Å². The third kappa shape index (κ3) is 2.91. The van der Waals surface area contributed by atoms with Crippen molar-refractivity contribution < 1.29 is 24.1 Å². The fourth-order valence-corrected chi connectivity index (χ4v) is 4.53. The molecule has 3 saturated carbocycles. The summed E-state index contributed by atoms with van der Waals surface area (Å²) in [7, 11) is 1.53. The highest BCUT2D eigenvalue weighted by atomic mass is 17.2. The average molecular weight is 337 g/mol. The molecule has 2 bridgehead atoms.